The molecule has 3 aromatic rings. The highest BCUT2D eigenvalue weighted by molar-refractivity contribution is 6.02. The first-order valence-corrected chi connectivity index (χ1v) is 7.64. The fraction of sp³-hybridized carbons (Fsp3) is 0.167. The molecule has 0 aliphatic heterocycles. The summed E-state index contributed by atoms with van der Waals surface area (Å²) in [6.07, 6.45) is 1.58. The van der Waals surface area contributed by atoms with Crippen LogP contribution in [0.15, 0.2) is 47.4 Å². The first-order valence-electron chi connectivity index (χ1n) is 7.64. The van der Waals surface area contributed by atoms with Gasteiger partial charge in [0, 0.05) is 13.1 Å². The third-order valence-corrected chi connectivity index (χ3v) is 4.15. The lowest BCUT2D eigenvalue weighted by Crippen LogP contribution is -2.26. The van der Waals surface area contributed by atoms with E-state index in [0.29, 0.717) is 16.9 Å². The highest BCUT2D eigenvalue weighted by atomic mass is 16.5. The molecule has 1 amide bonds. The van der Waals surface area contributed by atoms with Crippen molar-refractivity contribution in [1.29, 1.82) is 0 Å². The standard InChI is InChI=1S/C18H18N4O3/c1-11-13(10-20-21(11)2)22-15(23)9-14(25-3)16(18(19)24)17(22)12-7-5-4-6-8-12/h4-10H,1-3H3,(H2,19,24). The molecule has 2 heterocycles. The number of benzene rings is 1. The Kier molecular flexibility index (Phi) is 4.14. The zero-order valence-corrected chi connectivity index (χ0v) is 14.2. The maximum Gasteiger partial charge on any atom is 0.259 e. The van der Waals surface area contributed by atoms with Crippen LogP contribution < -0.4 is 16.0 Å². The van der Waals surface area contributed by atoms with E-state index in [4.69, 9.17) is 10.5 Å². The third kappa shape index (κ3) is 2.69. The Morgan fingerprint density at radius 3 is 2.44 bits per heavy atom. The van der Waals surface area contributed by atoms with E-state index in [-0.39, 0.29) is 16.9 Å². The minimum absolute atomic E-state index is 0.147. The molecule has 0 fully saturated rings. The van der Waals surface area contributed by atoms with Crippen LogP contribution in [0.25, 0.3) is 16.9 Å². The molecule has 0 saturated carbocycles. The Morgan fingerprint density at radius 1 is 1.24 bits per heavy atom. The van der Waals surface area contributed by atoms with Crippen molar-refractivity contribution in [1.82, 2.24) is 14.3 Å². The maximum atomic E-state index is 12.8. The van der Waals surface area contributed by atoms with Gasteiger partial charge < -0.3 is 10.5 Å². The smallest absolute Gasteiger partial charge is 0.259 e. The molecule has 0 radical (unpaired) electrons. The number of pyridine rings is 1. The number of nitrogens with zero attached hydrogens (tertiary/aromatic N) is 3. The molecule has 0 atom stereocenters. The number of carbonyl (C=O) groups excluding carboxylic acids is 1. The van der Waals surface area contributed by atoms with Crippen molar-refractivity contribution in [3.63, 3.8) is 0 Å². The molecule has 2 N–H and O–H groups in total. The molecule has 0 saturated heterocycles. The molecule has 0 spiro atoms. The van der Waals surface area contributed by atoms with Gasteiger partial charge in [-0.25, -0.2) is 0 Å². The first kappa shape index (κ1) is 16.5. The molecular weight excluding hydrogens is 320 g/mol. The highest BCUT2D eigenvalue weighted by Gasteiger charge is 2.24. The molecular formula is C18H18N4O3. The van der Waals surface area contributed by atoms with Crippen molar-refractivity contribution in [3.05, 3.63) is 64.2 Å². The molecule has 7 nitrogen and oxygen atoms in total. The van der Waals surface area contributed by atoms with Gasteiger partial charge in [0.25, 0.3) is 11.5 Å². The van der Waals surface area contributed by atoms with E-state index in [2.05, 4.69) is 5.10 Å². The number of primary amides is 1. The van der Waals surface area contributed by atoms with Crippen LogP contribution in [0, 0.1) is 6.92 Å². The van der Waals surface area contributed by atoms with E-state index in [9.17, 15) is 9.59 Å². The Balaban J connectivity index is 2.50. The number of methoxy groups -OCH3 is 1. The Morgan fingerprint density at radius 2 is 1.92 bits per heavy atom. The molecule has 2 aromatic heterocycles. The summed E-state index contributed by atoms with van der Waals surface area (Å²) in [5, 5.41) is 4.20. The zero-order chi connectivity index (χ0) is 18.1. The van der Waals surface area contributed by atoms with Gasteiger partial charge in [0.2, 0.25) is 0 Å². The van der Waals surface area contributed by atoms with Gasteiger partial charge in [0.1, 0.15) is 11.3 Å². The summed E-state index contributed by atoms with van der Waals surface area (Å²) in [6, 6.07) is 10.4. The zero-order valence-electron chi connectivity index (χ0n) is 14.2. The van der Waals surface area contributed by atoms with Crippen LogP contribution in [0.3, 0.4) is 0 Å². The van der Waals surface area contributed by atoms with Gasteiger partial charge in [0.05, 0.1) is 30.4 Å². The van der Waals surface area contributed by atoms with Gasteiger partial charge >= 0.3 is 0 Å². The highest BCUT2D eigenvalue weighted by Crippen LogP contribution is 2.31. The average Bonchev–Trinajstić information content (AvgIpc) is 2.93. The van der Waals surface area contributed by atoms with Crippen molar-refractivity contribution in [2.75, 3.05) is 7.11 Å². The van der Waals surface area contributed by atoms with Gasteiger partial charge in [-0.2, -0.15) is 5.10 Å². The van der Waals surface area contributed by atoms with Crippen LogP contribution in [0.5, 0.6) is 5.75 Å². The fourth-order valence-corrected chi connectivity index (χ4v) is 2.80. The van der Waals surface area contributed by atoms with Crippen molar-refractivity contribution >= 4 is 5.91 Å². The van der Waals surface area contributed by atoms with E-state index in [1.165, 1.54) is 17.7 Å². The maximum absolute atomic E-state index is 12.8. The van der Waals surface area contributed by atoms with Gasteiger partial charge in [-0.3, -0.25) is 18.8 Å². The summed E-state index contributed by atoms with van der Waals surface area (Å²) in [7, 11) is 3.18. The molecule has 3 rings (SSSR count). The minimum Gasteiger partial charge on any atom is -0.496 e. The van der Waals surface area contributed by atoms with Crippen LogP contribution in [-0.4, -0.2) is 27.4 Å². The van der Waals surface area contributed by atoms with E-state index in [1.807, 2.05) is 37.3 Å². The minimum atomic E-state index is -0.675. The fourth-order valence-electron chi connectivity index (χ4n) is 2.80. The quantitative estimate of drug-likeness (QED) is 0.783. The largest absolute Gasteiger partial charge is 0.496 e. The summed E-state index contributed by atoms with van der Waals surface area (Å²) in [4.78, 5) is 25.0. The Hall–Kier alpha value is -3.35. The second-order valence-electron chi connectivity index (χ2n) is 5.58. The number of carbonyl (C=O) groups is 1. The molecule has 0 bridgehead atoms. The van der Waals surface area contributed by atoms with Crippen LogP contribution in [0.4, 0.5) is 0 Å². The molecule has 1 aromatic carbocycles. The number of amides is 1. The summed E-state index contributed by atoms with van der Waals surface area (Å²) >= 11 is 0. The number of hydrogen-bond donors (Lipinski definition) is 1. The van der Waals surface area contributed by atoms with Crippen LogP contribution >= 0.6 is 0 Å². The number of aryl methyl sites for hydroxylation is 1. The third-order valence-electron chi connectivity index (χ3n) is 4.15. The summed E-state index contributed by atoms with van der Waals surface area (Å²) in [5.74, 6) is -0.528. The molecule has 0 unspecified atom stereocenters. The van der Waals surface area contributed by atoms with Crippen molar-refractivity contribution in [3.8, 4) is 22.7 Å². The van der Waals surface area contributed by atoms with E-state index in [1.54, 1.807) is 17.9 Å². The normalized spacial score (nSPS) is 10.7. The molecule has 128 valence electrons. The van der Waals surface area contributed by atoms with E-state index in [0.717, 1.165) is 5.69 Å². The van der Waals surface area contributed by atoms with Crippen molar-refractivity contribution < 1.29 is 9.53 Å². The molecule has 7 heteroatoms. The van der Waals surface area contributed by atoms with Crippen molar-refractivity contribution in [2.45, 2.75) is 6.92 Å². The topological polar surface area (TPSA) is 92.1 Å². The van der Waals surface area contributed by atoms with Crippen LogP contribution in [0.2, 0.25) is 0 Å². The lowest BCUT2D eigenvalue weighted by atomic mass is 10.0. The molecule has 0 aliphatic rings. The van der Waals surface area contributed by atoms with Crippen molar-refractivity contribution in [2.24, 2.45) is 12.8 Å². The predicted octanol–water partition coefficient (Wildman–Crippen LogP) is 1.65. The number of hydrogen-bond acceptors (Lipinski definition) is 4. The van der Waals surface area contributed by atoms with Gasteiger partial charge in [-0.1, -0.05) is 30.3 Å². The average molecular weight is 338 g/mol. The molecule has 25 heavy (non-hydrogen) atoms. The number of ether oxygens (including phenoxy) is 1. The number of nitrogens with two attached hydrogens (primary N) is 1. The predicted molar refractivity (Wildman–Crippen MR) is 94.0 cm³/mol. The van der Waals surface area contributed by atoms with Gasteiger partial charge in [0.15, 0.2) is 0 Å². The second-order valence-corrected chi connectivity index (χ2v) is 5.58. The van der Waals surface area contributed by atoms with Crippen LogP contribution in [-0.2, 0) is 7.05 Å². The first-order chi connectivity index (χ1) is 12.0. The van der Waals surface area contributed by atoms with Crippen LogP contribution in [0.1, 0.15) is 16.1 Å². The number of aromatic nitrogens is 3. The van der Waals surface area contributed by atoms with Gasteiger partial charge in [-0.05, 0) is 12.5 Å². The number of rotatable bonds is 4. The summed E-state index contributed by atoms with van der Waals surface area (Å²) in [6.45, 7) is 1.84. The lowest BCUT2D eigenvalue weighted by Gasteiger charge is -2.18. The second kappa shape index (κ2) is 6.27. The monoisotopic (exact) mass is 338 g/mol. The SMILES string of the molecule is COc1cc(=O)n(-c2cnn(C)c2C)c(-c2ccccc2)c1C(N)=O. The van der Waals surface area contributed by atoms with Gasteiger partial charge in [-0.15, -0.1) is 0 Å². The lowest BCUT2D eigenvalue weighted by molar-refractivity contribution is 0.0997. The molecule has 0 aliphatic carbocycles. The Bertz CT molecular complexity index is 1000. The summed E-state index contributed by atoms with van der Waals surface area (Å²) in [5.41, 5.74) is 7.84. The Labute approximate surface area is 144 Å². The van der Waals surface area contributed by atoms with E-state index < -0.39 is 5.91 Å². The van der Waals surface area contributed by atoms with E-state index >= 15 is 0 Å². The summed E-state index contributed by atoms with van der Waals surface area (Å²) < 4.78 is 8.34.